The van der Waals surface area contributed by atoms with Crippen molar-refractivity contribution in [3.05, 3.63) is 88.5 Å². The average Bonchev–Trinajstić information content (AvgIpc) is 2.63. The summed E-state index contributed by atoms with van der Waals surface area (Å²) in [6.07, 6.45) is 1.60. The third kappa shape index (κ3) is 4.45. The van der Waals surface area contributed by atoms with Gasteiger partial charge < -0.3 is 5.11 Å². The SMILES string of the molecule is O=[N+]([O-])c1ccc(Sc2ccccc2)c(C=Nc2ccc(O)cc2)c1. The van der Waals surface area contributed by atoms with E-state index in [1.54, 1.807) is 36.5 Å². The fourth-order valence-electron chi connectivity index (χ4n) is 2.14. The molecule has 6 heteroatoms. The topological polar surface area (TPSA) is 75.7 Å². The minimum absolute atomic E-state index is 0.0181. The molecule has 25 heavy (non-hydrogen) atoms. The summed E-state index contributed by atoms with van der Waals surface area (Å²) in [5, 5.41) is 20.4. The molecule has 0 unspecified atom stereocenters. The highest BCUT2D eigenvalue weighted by atomic mass is 32.2. The molecule has 0 bridgehead atoms. The van der Waals surface area contributed by atoms with Gasteiger partial charge in [0.1, 0.15) is 5.75 Å². The smallest absolute Gasteiger partial charge is 0.270 e. The number of nitro benzene ring substituents is 1. The van der Waals surface area contributed by atoms with E-state index in [1.165, 1.54) is 23.9 Å². The molecular formula is C19H14N2O3S. The van der Waals surface area contributed by atoms with E-state index in [0.29, 0.717) is 11.3 Å². The van der Waals surface area contributed by atoms with Gasteiger partial charge in [-0.2, -0.15) is 0 Å². The van der Waals surface area contributed by atoms with Gasteiger partial charge in [0.15, 0.2) is 0 Å². The van der Waals surface area contributed by atoms with Gasteiger partial charge in [-0.05, 0) is 42.5 Å². The number of hydrogen-bond donors (Lipinski definition) is 1. The van der Waals surface area contributed by atoms with Crippen molar-refractivity contribution in [3.63, 3.8) is 0 Å². The molecule has 124 valence electrons. The van der Waals surface area contributed by atoms with Crippen LogP contribution in [0.15, 0.2) is 87.6 Å². The second kappa shape index (κ2) is 7.63. The standard InChI is InChI=1S/C19H14N2O3S/c22-17-9-6-15(7-10-17)20-13-14-12-16(21(23)24)8-11-19(14)25-18-4-2-1-3-5-18/h1-13,22H. The molecule has 0 aliphatic carbocycles. The zero-order valence-electron chi connectivity index (χ0n) is 13.1. The number of phenols is 1. The minimum Gasteiger partial charge on any atom is -0.508 e. The zero-order valence-corrected chi connectivity index (χ0v) is 13.9. The van der Waals surface area contributed by atoms with Crippen molar-refractivity contribution in [1.82, 2.24) is 0 Å². The lowest BCUT2D eigenvalue weighted by molar-refractivity contribution is -0.384. The molecular weight excluding hydrogens is 336 g/mol. The number of hydrogen-bond acceptors (Lipinski definition) is 5. The number of nitrogens with zero attached hydrogens (tertiary/aromatic N) is 2. The summed E-state index contributed by atoms with van der Waals surface area (Å²) in [7, 11) is 0. The molecule has 3 rings (SSSR count). The Morgan fingerprint density at radius 1 is 1.00 bits per heavy atom. The third-order valence-corrected chi connectivity index (χ3v) is 4.48. The number of rotatable bonds is 5. The first kappa shape index (κ1) is 16.7. The Morgan fingerprint density at radius 2 is 1.72 bits per heavy atom. The highest BCUT2D eigenvalue weighted by Crippen LogP contribution is 2.32. The van der Waals surface area contributed by atoms with Gasteiger partial charge >= 0.3 is 0 Å². The maximum Gasteiger partial charge on any atom is 0.270 e. The van der Waals surface area contributed by atoms with E-state index >= 15 is 0 Å². The number of aromatic hydroxyl groups is 1. The van der Waals surface area contributed by atoms with Gasteiger partial charge in [0.2, 0.25) is 0 Å². The molecule has 0 spiro atoms. The average molecular weight is 350 g/mol. The van der Waals surface area contributed by atoms with Crippen molar-refractivity contribution in [1.29, 1.82) is 0 Å². The first-order valence-corrected chi connectivity index (χ1v) is 8.28. The van der Waals surface area contributed by atoms with Crippen LogP contribution in [0.3, 0.4) is 0 Å². The lowest BCUT2D eigenvalue weighted by atomic mass is 10.2. The summed E-state index contributed by atoms with van der Waals surface area (Å²) in [6, 6.07) is 20.9. The van der Waals surface area contributed by atoms with Gasteiger partial charge in [-0.1, -0.05) is 30.0 Å². The van der Waals surface area contributed by atoms with Gasteiger partial charge in [0.05, 0.1) is 10.6 Å². The van der Waals surface area contributed by atoms with Crippen molar-refractivity contribution >= 4 is 29.4 Å². The molecule has 1 N–H and O–H groups in total. The minimum atomic E-state index is -0.422. The Hall–Kier alpha value is -3.12. The van der Waals surface area contributed by atoms with E-state index in [-0.39, 0.29) is 11.4 Å². The maximum absolute atomic E-state index is 11.1. The van der Waals surface area contributed by atoms with E-state index in [4.69, 9.17) is 0 Å². The van der Waals surface area contributed by atoms with Crippen molar-refractivity contribution in [2.75, 3.05) is 0 Å². The van der Waals surface area contributed by atoms with Crippen LogP contribution in [0.5, 0.6) is 5.75 Å². The van der Waals surface area contributed by atoms with Gasteiger partial charge in [-0.3, -0.25) is 15.1 Å². The number of aliphatic imine (C=N–C) groups is 1. The number of non-ortho nitro benzene ring substituents is 1. The molecule has 0 atom stereocenters. The van der Waals surface area contributed by atoms with Crippen LogP contribution in [-0.4, -0.2) is 16.2 Å². The van der Waals surface area contributed by atoms with Crippen LogP contribution in [0.2, 0.25) is 0 Å². The first-order chi connectivity index (χ1) is 12.1. The molecule has 0 radical (unpaired) electrons. The van der Waals surface area contributed by atoms with Crippen LogP contribution < -0.4 is 0 Å². The van der Waals surface area contributed by atoms with E-state index in [9.17, 15) is 15.2 Å². The Balaban J connectivity index is 1.94. The predicted octanol–water partition coefficient (Wildman–Crippen LogP) is 5.20. The normalized spacial score (nSPS) is 10.9. The van der Waals surface area contributed by atoms with Crippen molar-refractivity contribution < 1.29 is 10.0 Å². The second-order valence-electron chi connectivity index (χ2n) is 5.17. The quantitative estimate of drug-likeness (QED) is 0.390. The van der Waals surface area contributed by atoms with Crippen molar-refractivity contribution in [2.45, 2.75) is 9.79 Å². The van der Waals surface area contributed by atoms with Gasteiger partial charge in [-0.15, -0.1) is 0 Å². The zero-order chi connectivity index (χ0) is 17.6. The number of benzene rings is 3. The van der Waals surface area contributed by atoms with Gasteiger partial charge in [0.25, 0.3) is 5.69 Å². The summed E-state index contributed by atoms with van der Waals surface area (Å²) in [6.45, 7) is 0. The lowest BCUT2D eigenvalue weighted by Gasteiger charge is -2.06. The summed E-state index contributed by atoms with van der Waals surface area (Å²) in [4.78, 5) is 16.9. The highest BCUT2D eigenvalue weighted by Gasteiger charge is 2.10. The van der Waals surface area contributed by atoms with Gasteiger partial charge in [-0.25, -0.2) is 0 Å². The molecule has 0 saturated carbocycles. The maximum atomic E-state index is 11.1. The van der Waals surface area contributed by atoms with Gasteiger partial charge in [0, 0.05) is 33.7 Å². The Kier molecular flexibility index (Phi) is 5.11. The van der Waals surface area contributed by atoms with Crippen LogP contribution in [0.4, 0.5) is 11.4 Å². The number of phenolic OH excluding ortho intramolecular Hbond substituents is 1. The highest BCUT2D eigenvalue weighted by molar-refractivity contribution is 7.99. The largest absolute Gasteiger partial charge is 0.508 e. The van der Waals surface area contributed by atoms with Crippen LogP contribution >= 0.6 is 11.8 Å². The predicted molar refractivity (Wildman–Crippen MR) is 99.0 cm³/mol. The molecule has 3 aromatic carbocycles. The second-order valence-corrected chi connectivity index (χ2v) is 6.28. The van der Waals surface area contributed by atoms with Crippen LogP contribution in [0.25, 0.3) is 0 Å². The molecule has 0 saturated heterocycles. The summed E-state index contributed by atoms with van der Waals surface area (Å²) in [5.74, 6) is 0.162. The summed E-state index contributed by atoms with van der Waals surface area (Å²) in [5.41, 5.74) is 1.33. The third-order valence-electron chi connectivity index (χ3n) is 3.38. The van der Waals surface area contributed by atoms with E-state index in [0.717, 1.165) is 9.79 Å². The van der Waals surface area contributed by atoms with Crippen LogP contribution in [-0.2, 0) is 0 Å². The number of nitro groups is 1. The molecule has 0 fully saturated rings. The van der Waals surface area contributed by atoms with E-state index < -0.39 is 4.92 Å². The van der Waals surface area contributed by atoms with Crippen molar-refractivity contribution in [3.8, 4) is 5.75 Å². The molecule has 5 nitrogen and oxygen atoms in total. The Bertz CT molecular complexity index is 910. The molecule has 0 aromatic heterocycles. The van der Waals surface area contributed by atoms with E-state index in [1.807, 2.05) is 30.3 Å². The molecule has 0 heterocycles. The van der Waals surface area contributed by atoms with Crippen LogP contribution in [0, 0.1) is 10.1 Å². The van der Waals surface area contributed by atoms with Crippen LogP contribution in [0.1, 0.15) is 5.56 Å². The monoisotopic (exact) mass is 350 g/mol. The summed E-state index contributed by atoms with van der Waals surface area (Å²) < 4.78 is 0. The summed E-state index contributed by atoms with van der Waals surface area (Å²) >= 11 is 1.52. The Labute approximate surface area is 148 Å². The fourth-order valence-corrected chi connectivity index (χ4v) is 3.05. The molecule has 0 aliphatic rings. The molecule has 3 aromatic rings. The molecule has 0 amide bonds. The Morgan fingerprint density at radius 3 is 2.40 bits per heavy atom. The van der Waals surface area contributed by atoms with Crippen molar-refractivity contribution in [2.24, 2.45) is 4.99 Å². The fraction of sp³-hybridized carbons (Fsp3) is 0. The molecule has 0 aliphatic heterocycles. The first-order valence-electron chi connectivity index (χ1n) is 7.46. The van der Waals surface area contributed by atoms with E-state index in [2.05, 4.69) is 4.99 Å². The lowest BCUT2D eigenvalue weighted by Crippen LogP contribution is -1.92.